The van der Waals surface area contributed by atoms with Crippen LogP contribution >= 0.6 is 23.4 Å². The lowest BCUT2D eigenvalue weighted by atomic mass is 10.1. The largest absolute Gasteiger partial charge is 0.493 e. The number of imide groups is 1. The van der Waals surface area contributed by atoms with E-state index in [-0.39, 0.29) is 11.1 Å². The van der Waals surface area contributed by atoms with Crippen molar-refractivity contribution in [3.05, 3.63) is 93.3 Å². The number of ether oxygens (including phenoxy) is 2. The summed E-state index contributed by atoms with van der Waals surface area (Å²) in [5.74, 6) is 0.767. The number of halogens is 1. The second kappa shape index (κ2) is 9.51. The Kier molecular flexibility index (Phi) is 6.53. The Hall–Kier alpha value is -3.22. The van der Waals surface area contributed by atoms with Crippen molar-refractivity contribution in [1.82, 2.24) is 0 Å². The molecule has 0 spiro atoms. The number of carbonyl (C=O) groups excluding carboxylic acids is 2. The van der Waals surface area contributed by atoms with Crippen LogP contribution in [-0.4, -0.2) is 18.3 Å². The van der Waals surface area contributed by atoms with Gasteiger partial charge in [0.15, 0.2) is 11.5 Å². The Balaban J connectivity index is 1.52. The molecule has 0 unspecified atom stereocenters. The fourth-order valence-corrected chi connectivity index (χ4v) is 4.14. The van der Waals surface area contributed by atoms with Gasteiger partial charge in [0.05, 0.1) is 17.7 Å². The highest BCUT2D eigenvalue weighted by molar-refractivity contribution is 8.19. The molecule has 0 aliphatic carbocycles. The smallest absolute Gasteiger partial charge is 0.298 e. The first-order valence-electron chi connectivity index (χ1n) is 9.84. The molecule has 0 bridgehead atoms. The molecule has 2 amide bonds. The number of amides is 2. The normalized spacial score (nSPS) is 14.8. The molecule has 1 heterocycles. The number of hydrogen-bond donors (Lipinski definition) is 0. The molecule has 1 aliphatic heterocycles. The molecule has 5 nitrogen and oxygen atoms in total. The van der Waals surface area contributed by atoms with E-state index < -0.39 is 0 Å². The maximum atomic E-state index is 12.8. The first-order chi connectivity index (χ1) is 15.4. The molecule has 3 aromatic rings. The highest BCUT2D eigenvalue weighted by Crippen LogP contribution is 2.37. The van der Waals surface area contributed by atoms with E-state index >= 15 is 0 Å². The zero-order valence-electron chi connectivity index (χ0n) is 17.5. The second-order valence-electron chi connectivity index (χ2n) is 7.18. The number of rotatable bonds is 6. The van der Waals surface area contributed by atoms with Gasteiger partial charge in [-0.3, -0.25) is 9.59 Å². The minimum absolute atomic E-state index is 0.334. The molecule has 7 heteroatoms. The number of thioether (sulfide) groups is 1. The van der Waals surface area contributed by atoms with Crippen molar-refractivity contribution in [2.75, 3.05) is 12.0 Å². The zero-order valence-corrected chi connectivity index (χ0v) is 19.1. The van der Waals surface area contributed by atoms with E-state index in [0.717, 1.165) is 27.8 Å². The first kappa shape index (κ1) is 22.0. The van der Waals surface area contributed by atoms with Gasteiger partial charge < -0.3 is 9.47 Å². The van der Waals surface area contributed by atoms with Crippen LogP contribution in [0.2, 0.25) is 5.02 Å². The lowest BCUT2D eigenvalue weighted by Crippen LogP contribution is -2.27. The van der Waals surface area contributed by atoms with Crippen LogP contribution in [0.3, 0.4) is 0 Å². The molecule has 3 aromatic carbocycles. The lowest BCUT2D eigenvalue weighted by molar-refractivity contribution is -0.113. The number of benzene rings is 3. The van der Waals surface area contributed by atoms with Crippen LogP contribution in [0.5, 0.6) is 11.5 Å². The average molecular weight is 466 g/mol. The van der Waals surface area contributed by atoms with E-state index in [1.165, 1.54) is 5.56 Å². The Morgan fingerprint density at radius 2 is 1.69 bits per heavy atom. The molecule has 1 aliphatic rings. The van der Waals surface area contributed by atoms with E-state index in [9.17, 15) is 9.59 Å². The van der Waals surface area contributed by atoms with Gasteiger partial charge in [0.1, 0.15) is 6.61 Å². The molecular formula is C25H20ClNO4S. The number of methoxy groups -OCH3 is 1. The Morgan fingerprint density at radius 1 is 0.969 bits per heavy atom. The third-order valence-electron chi connectivity index (χ3n) is 4.88. The van der Waals surface area contributed by atoms with E-state index in [4.69, 9.17) is 21.1 Å². The summed E-state index contributed by atoms with van der Waals surface area (Å²) in [5, 5.41) is 0.182. The van der Waals surface area contributed by atoms with E-state index in [1.54, 1.807) is 49.6 Å². The predicted molar refractivity (Wildman–Crippen MR) is 128 cm³/mol. The molecule has 0 N–H and O–H groups in total. The Labute approximate surface area is 195 Å². The number of aryl methyl sites for hydroxylation is 1. The lowest BCUT2D eigenvalue weighted by Gasteiger charge is -2.12. The van der Waals surface area contributed by atoms with Gasteiger partial charge in [0.25, 0.3) is 11.1 Å². The van der Waals surface area contributed by atoms with Crippen molar-refractivity contribution in [3.63, 3.8) is 0 Å². The number of nitrogens with zero attached hydrogens (tertiary/aromatic N) is 1. The van der Waals surface area contributed by atoms with Gasteiger partial charge in [-0.25, -0.2) is 4.90 Å². The maximum Gasteiger partial charge on any atom is 0.298 e. The van der Waals surface area contributed by atoms with Gasteiger partial charge in [-0.2, -0.15) is 0 Å². The van der Waals surface area contributed by atoms with Crippen molar-refractivity contribution in [3.8, 4) is 11.5 Å². The average Bonchev–Trinajstić information content (AvgIpc) is 3.07. The maximum absolute atomic E-state index is 12.8. The third kappa shape index (κ3) is 4.82. The zero-order chi connectivity index (χ0) is 22.7. The molecule has 162 valence electrons. The van der Waals surface area contributed by atoms with Gasteiger partial charge >= 0.3 is 0 Å². The Bertz CT molecular complexity index is 1190. The minimum atomic E-state index is -0.374. The van der Waals surface area contributed by atoms with Crippen LogP contribution in [0.25, 0.3) is 6.08 Å². The molecule has 0 radical (unpaired) electrons. The fourth-order valence-electron chi connectivity index (χ4n) is 3.17. The van der Waals surface area contributed by atoms with Gasteiger partial charge in [-0.1, -0.05) is 47.5 Å². The molecule has 4 rings (SSSR count). The van der Waals surface area contributed by atoms with Crippen molar-refractivity contribution in [1.29, 1.82) is 0 Å². The number of carbonyl (C=O) groups is 2. The van der Waals surface area contributed by atoms with Crippen LogP contribution in [0, 0.1) is 6.92 Å². The standard InChI is InChI=1S/C25H20ClNO4S/c1-16-3-5-17(6-4-16)15-31-21-12-7-18(13-22(21)30-2)14-23-24(28)27(25(29)32-23)20-10-8-19(26)9-11-20/h3-14H,15H2,1-2H3/b23-14-. The summed E-state index contributed by atoms with van der Waals surface area (Å²) in [4.78, 5) is 26.8. The van der Waals surface area contributed by atoms with Crippen LogP contribution in [0.15, 0.2) is 71.6 Å². The van der Waals surface area contributed by atoms with Crippen LogP contribution < -0.4 is 14.4 Å². The van der Waals surface area contributed by atoms with Gasteiger partial charge in [0.2, 0.25) is 0 Å². The summed E-state index contributed by atoms with van der Waals surface area (Å²) in [6, 6.07) is 20.1. The first-order valence-corrected chi connectivity index (χ1v) is 11.0. The number of hydrogen-bond acceptors (Lipinski definition) is 5. The van der Waals surface area contributed by atoms with E-state index in [0.29, 0.717) is 33.7 Å². The summed E-state index contributed by atoms with van der Waals surface area (Å²) in [7, 11) is 1.56. The summed E-state index contributed by atoms with van der Waals surface area (Å²) >= 11 is 6.80. The highest BCUT2D eigenvalue weighted by atomic mass is 35.5. The molecule has 1 fully saturated rings. The van der Waals surface area contributed by atoms with Gasteiger partial charge in [-0.05, 0) is 72.3 Å². The van der Waals surface area contributed by atoms with Crippen LogP contribution in [-0.2, 0) is 11.4 Å². The topological polar surface area (TPSA) is 55.8 Å². The van der Waals surface area contributed by atoms with Gasteiger partial charge in [0, 0.05) is 5.02 Å². The summed E-state index contributed by atoms with van der Waals surface area (Å²) < 4.78 is 11.4. The molecule has 0 saturated carbocycles. The predicted octanol–water partition coefficient (Wildman–Crippen LogP) is 6.48. The molecule has 0 atom stereocenters. The molecule has 0 aromatic heterocycles. The van der Waals surface area contributed by atoms with Crippen LogP contribution in [0.4, 0.5) is 10.5 Å². The number of anilines is 1. The van der Waals surface area contributed by atoms with Gasteiger partial charge in [-0.15, -0.1) is 0 Å². The summed E-state index contributed by atoms with van der Waals surface area (Å²) in [6.45, 7) is 2.45. The fraction of sp³-hybridized carbons (Fsp3) is 0.120. The summed E-state index contributed by atoms with van der Waals surface area (Å²) in [6.07, 6.45) is 1.67. The second-order valence-corrected chi connectivity index (χ2v) is 8.61. The van der Waals surface area contributed by atoms with Crippen molar-refractivity contribution < 1.29 is 19.1 Å². The van der Waals surface area contributed by atoms with Crippen molar-refractivity contribution in [2.45, 2.75) is 13.5 Å². The SMILES string of the molecule is COc1cc(/C=C2\SC(=O)N(c3ccc(Cl)cc3)C2=O)ccc1OCc1ccc(C)cc1. The molecule has 1 saturated heterocycles. The minimum Gasteiger partial charge on any atom is -0.493 e. The Morgan fingerprint density at radius 3 is 2.38 bits per heavy atom. The highest BCUT2D eigenvalue weighted by Gasteiger charge is 2.36. The summed E-state index contributed by atoms with van der Waals surface area (Å²) in [5.41, 5.74) is 3.46. The quantitative estimate of drug-likeness (QED) is 0.390. The molecule has 32 heavy (non-hydrogen) atoms. The monoisotopic (exact) mass is 465 g/mol. The van der Waals surface area contributed by atoms with E-state index in [1.807, 2.05) is 37.3 Å². The van der Waals surface area contributed by atoms with E-state index in [2.05, 4.69) is 0 Å². The third-order valence-corrected chi connectivity index (χ3v) is 6.00. The van der Waals surface area contributed by atoms with Crippen molar-refractivity contribution in [2.24, 2.45) is 0 Å². The molecular weight excluding hydrogens is 446 g/mol. The van der Waals surface area contributed by atoms with Crippen molar-refractivity contribution >= 4 is 46.3 Å². The van der Waals surface area contributed by atoms with Crippen LogP contribution in [0.1, 0.15) is 16.7 Å².